The maximum absolute atomic E-state index is 11.4. The zero-order chi connectivity index (χ0) is 16.7. The van der Waals surface area contributed by atoms with Crippen molar-refractivity contribution in [1.82, 2.24) is 0 Å². The predicted molar refractivity (Wildman–Crippen MR) is 94.9 cm³/mol. The maximum atomic E-state index is 11.4. The molecule has 0 amide bonds. The normalized spacial score (nSPS) is 18.0. The molecule has 1 radical (unpaired) electrons. The number of thiophene rings is 1. The van der Waals surface area contributed by atoms with Crippen molar-refractivity contribution in [1.29, 1.82) is 0 Å². The number of rotatable bonds is 10. The van der Waals surface area contributed by atoms with E-state index in [0.29, 0.717) is 26.1 Å². The Morgan fingerprint density at radius 3 is 2.79 bits per heavy atom. The van der Waals surface area contributed by atoms with E-state index in [9.17, 15) is 13.0 Å². The van der Waals surface area contributed by atoms with E-state index in [1.165, 1.54) is 11.3 Å². The third-order valence-corrected chi connectivity index (χ3v) is 5.76. The largest absolute Gasteiger partial charge is 0.485 e. The summed E-state index contributed by atoms with van der Waals surface area (Å²) in [6.07, 6.45) is 3.33. The van der Waals surface area contributed by atoms with Crippen LogP contribution < -0.4 is 9.47 Å². The Bertz CT molecular complexity index is 574. The van der Waals surface area contributed by atoms with Crippen LogP contribution in [0.25, 0.3) is 0 Å². The second-order valence-electron chi connectivity index (χ2n) is 5.65. The van der Waals surface area contributed by atoms with Gasteiger partial charge in [0, 0.05) is 46.9 Å². The Morgan fingerprint density at radius 2 is 2.08 bits per heavy atom. The molecule has 6 nitrogen and oxygen atoms in total. The van der Waals surface area contributed by atoms with Crippen LogP contribution in [-0.4, -0.2) is 73.7 Å². The van der Waals surface area contributed by atoms with Crippen LogP contribution in [0.4, 0.5) is 0 Å². The Hall–Kier alpha value is 0.170. The summed E-state index contributed by atoms with van der Waals surface area (Å²) in [6.45, 7) is 3.08. The first-order chi connectivity index (χ1) is 11.0. The molecule has 0 fully saturated rings. The van der Waals surface area contributed by atoms with Gasteiger partial charge in [0.15, 0.2) is 17.6 Å². The molecule has 0 aliphatic carbocycles. The fourth-order valence-electron chi connectivity index (χ4n) is 2.44. The number of hydrogen-bond donors (Lipinski definition) is 1. The molecule has 0 saturated heterocycles. The molecule has 2 heterocycles. The SMILES string of the molecule is CCCCCC(CCOCC1COc2cscc2O1)S(=O)(=O)O.[Na]. The molecule has 2 unspecified atom stereocenters. The minimum atomic E-state index is -4.02. The molecule has 1 aromatic rings. The summed E-state index contributed by atoms with van der Waals surface area (Å²) in [5.74, 6) is 1.49. The van der Waals surface area contributed by atoms with Gasteiger partial charge < -0.3 is 14.2 Å². The van der Waals surface area contributed by atoms with Gasteiger partial charge in [0.05, 0.1) is 11.9 Å². The molecule has 24 heavy (non-hydrogen) atoms. The zero-order valence-electron chi connectivity index (χ0n) is 14.3. The van der Waals surface area contributed by atoms with E-state index in [2.05, 4.69) is 6.92 Å². The topological polar surface area (TPSA) is 82.1 Å². The van der Waals surface area contributed by atoms with Crippen LogP contribution >= 0.6 is 11.3 Å². The van der Waals surface area contributed by atoms with Gasteiger partial charge in [0.25, 0.3) is 10.1 Å². The zero-order valence-corrected chi connectivity index (χ0v) is 17.9. The molecule has 0 spiro atoms. The van der Waals surface area contributed by atoms with Crippen molar-refractivity contribution in [2.45, 2.75) is 50.4 Å². The van der Waals surface area contributed by atoms with Crippen molar-refractivity contribution in [3.8, 4) is 11.5 Å². The third-order valence-electron chi connectivity index (χ3n) is 3.75. The Balaban J connectivity index is 0.00000288. The molecule has 9 heteroatoms. The van der Waals surface area contributed by atoms with Crippen LogP contribution in [-0.2, 0) is 14.9 Å². The van der Waals surface area contributed by atoms with Crippen molar-refractivity contribution in [3.05, 3.63) is 10.8 Å². The second-order valence-corrected chi connectivity index (χ2v) is 8.09. The Morgan fingerprint density at radius 1 is 1.33 bits per heavy atom. The van der Waals surface area contributed by atoms with E-state index >= 15 is 0 Å². The van der Waals surface area contributed by atoms with Gasteiger partial charge in [-0.2, -0.15) is 8.42 Å². The number of hydrogen-bond acceptors (Lipinski definition) is 6. The number of fused-ring (bicyclic) bond motifs is 1. The second kappa shape index (κ2) is 11.0. The van der Waals surface area contributed by atoms with Gasteiger partial charge in [-0.25, -0.2) is 0 Å². The maximum Gasteiger partial charge on any atom is 0.267 e. The molecule has 133 valence electrons. The Kier molecular flexibility index (Phi) is 10.2. The average molecular weight is 387 g/mol. The van der Waals surface area contributed by atoms with Crippen LogP contribution in [0.2, 0.25) is 0 Å². The van der Waals surface area contributed by atoms with Crippen LogP contribution in [0.5, 0.6) is 11.5 Å². The van der Waals surface area contributed by atoms with Crippen molar-refractivity contribution in [3.63, 3.8) is 0 Å². The quantitative estimate of drug-likeness (QED) is 0.378. The van der Waals surface area contributed by atoms with Crippen LogP contribution in [0.15, 0.2) is 10.8 Å². The van der Waals surface area contributed by atoms with Gasteiger partial charge in [0.1, 0.15) is 6.61 Å². The fourth-order valence-corrected chi connectivity index (χ4v) is 3.97. The smallest absolute Gasteiger partial charge is 0.267 e. The molecular weight excluding hydrogens is 363 g/mol. The first-order valence-corrected chi connectivity index (χ1v) is 10.3. The number of unbranched alkanes of at least 4 members (excludes halogenated alkanes) is 2. The van der Waals surface area contributed by atoms with E-state index in [1.54, 1.807) is 0 Å². The van der Waals surface area contributed by atoms with E-state index in [0.717, 1.165) is 30.8 Å². The van der Waals surface area contributed by atoms with E-state index in [4.69, 9.17) is 14.2 Å². The molecule has 2 atom stereocenters. The van der Waals surface area contributed by atoms with Gasteiger partial charge in [0.2, 0.25) is 0 Å². The van der Waals surface area contributed by atoms with Gasteiger partial charge in [-0.15, -0.1) is 11.3 Å². The Labute approximate surface area is 169 Å². The first kappa shape index (κ1) is 22.2. The van der Waals surface area contributed by atoms with Gasteiger partial charge in [-0.3, -0.25) is 4.55 Å². The van der Waals surface area contributed by atoms with Gasteiger partial charge in [-0.1, -0.05) is 26.2 Å². The molecule has 0 bridgehead atoms. The molecule has 0 aromatic carbocycles. The summed E-state index contributed by atoms with van der Waals surface area (Å²) in [4.78, 5) is 0. The minimum Gasteiger partial charge on any atom is -0.485 e. The summed E-state index contributed by atoms with van der Waals surface area (Å²) < 4.78 is 48.8. The summed E-state index contributed by atoms with van der Waals surface area (Å²) in [5.41, 5.74) is 0. The molecule has 2 rings (SSSR count). The van der Waals surface area contributed by atoms with Crippen molar-refractivity contribution >= 4 is 51.0 Å². The molecule has 1 aliphatic rings. The van der Waals surface area contributed by atoms with E-state index in [1.807, 2.05) is 10.8 Å². The minimum absolute atomic E-state index is 0. The van der Waals surface area contributed by atoms with Crippen LogP contribution in [0, 0.1) is 0 Å². The summed E-state index contributed by atoms with van der Waals surface area (Å²) in [6, 6.07) is 0. The summed E-state index contributed by atoms with van der Waals surface area (Å²) >= 11 is 1.52. The molecule has 0 saturated carbocycles. The number of ether oxygens (including phenoxy) is 3. The fraction of sp³-hybridized carbons (Fsp3) is 0.733. The molecule has 1 N–H and O–H groups in total. The first-order valence-electron chi connectivity index (χ1n) is 7.90. The van der Waals surface area contributed by atoms with Crippen molar-refractivity contribution in [2.24, 2.45) is 0 Å². The van der Waals surface area contributed by atoms with E-state index in [-0.39, 0.29) is 42.3 Å². The van der Waals surface area contributed by atoms with E-state index < -0.39 is 15.4 Å². The van der Waals surface area contributed by atoms with Gasteiger partial charge in [-0.05, 0) is 12.8 Å². The van der Waals surface area contributed by atoms with Gasteiger partial charge >= 0.3 is 0 Å². The van der Waals surface area contributed by atoms with Crippen molar-refractivity contribution < 1.29 is 27.2 Å². The molecule has 1 aromatic heterocycles. The summed E-state index contributed by atoms with van der Waals surface area (Å²) in [5, 5.41) is 3.02. The molecule has 1 aliphatic heterocycles. The predicted octanol–water partition coefficient (Wildman–Crippen LogP) is 2.75. The average Bonchev–Trinajstić information content (AvgIpc) is 2.96. The van der Waals surface area contributed by atoms with Crippen LogP contribution in [0.1, 0.15) is 39.0 Å². The molecular formula is C15H24NaO6S2. The summed E-state index contributed by atoms with van der Waals surface area (Å²) in [7, 11) is -4.02. The van der Waals surface area contributed by atoms with Crippen LogP contribution in [0.3, 0.4) is 0 Å². The monoisotopic (exact) mass is 387 g/mol. The third kappa shape index (κ3) is 7.19. The standard InChI is InChI=1S/C15H24O6S2.Na/c1-2-3-4-5-13(23(16,17)18)6-7-19-8-12-9-20-14-10-22-11-15(14)21-12;/h10-13H,2-9H2,1H3,(H,16,17,18);. The van der Waals surface area contributed by atoms with Crippen molar-refractivity contribution in [2.75, 3.05) is 19.8 Å².